The SMILES string of the molecule is O=C1[C@H]2[C@H](ON(c3ccccc3)[C@@H]2c2ccccc2)C(=O)N1c1ccc(F)cc1. The molecule has 5 rings (SSSR count). The Bertz CT molecular complexity index is 1060. The van der Waals surface area contributed by atoms with Gasteiger partial charge in [-0.15, -0.1) is 0 Å². The fraction of sp³-hybridized carbons (Fsp3) is 0.130. The number of hydrogen-bond donors (Lipinski definition) is 0. The van der Waals surface area contributed by atoms with E-state index in [2.05, 4.69) is 0 Å². The molecule has 0 bridgehead atoms. The Morgan fingerprint density at radius 2 is 1.34 bits per heavy atom. The molecule has 3 aromatic rings. The first-order valence-corrected chi connectivity index (χ1v) is 9.34. The van der Waals surface area contributed by atoms with Crippen molar-refractivity contribution in [2.24, 2.45) is 5.92 Å². The van der Waals surface area contributed by atoms with Gasteiger partial charge in [0.2, 0.25) is 5.91 Å². The van der Waals surface area contributed by atoms with Gasteiger partial charge in [0.15, 0.2) is 6.10 Å². The minimum Gasteiger partial charge on any atom is -0.273 e. The Hall–Kier alpha value is -3.51. The lowest BCUT2D eigenvalue weighted by atomic mass is 9.90. The minimum atomic E-state index is -0.932. The third kappa shape index (κ3) is 2.80. The molecule has 0 saturated carbocycles. The number of nitrogens with zero attached hydrogens (tertiary/aromatic N) is 2. The predicted molar refractivity (Wildman–Crippen MR) is 105 cm³/mol. The van der Waals surface area contributed by atoms with Crippen LogP contribution in [0.2, 0.25) is 0 Å². The molecule has 144 valence electrons. The molecule has 2 aliphatic rings. The topological polar surface area (TPSA) is 49.9 Å². The van der Waals surface area contributed by atoms with Crippen LogP contribution in [-0.4, -0.2) is 17.9 Å². The second-order valence-electron chi connectivity index (χ2n) is 7.06. The number of carbonyl (C=O) groups excluding carboxylic acids is 2. The lowest BCUT2D eigenvalue weighted by Crippen LogP contribution is -2.37. The summed E-state index contributed by atoms with van der Waals surface area (Å²) in [5, 5.41) is 1.66. The summed E-state index contributed by atoms with van der Waals surface area (Å²) in [6.07, 6.45) is -0.932. The quantitative estimate of drug-likeness (QED) is 0.639. The van der Waals surface area contributed by atoms with Gasteiger partial charge in [-0.25, -0.2) is 14.4 Å². The van der Waals surface area contributed by atoms with Crippen LogP contribution in [0.4, 0.5) is 15.8 Å². The van der Waals surface area contributed by atoms with Crippen molar-refractivity contribution in [1.29, 1.82) is 0 Å². The van der Waals surface area contributed by atoms with Gasteiger partial charge in [0, 0.05) is 0 Å². The zero-order valence-electron chi connectivity index (χ0n) is 15.3. The lowest BCUT2D eigenvalue weighted by molar-refractivity contribution is -0.126. The summed E-state index contributed by atoms with van der Waals surface area (Å²) in [5.41, 5.74) is 1.99. The van der Waals surface area contributed by atoms with Crippen molar-refractivity contribution in [2.75, 3.05) is 9.96 Å². The number of hydrogen-bond acceptors (Lipinski definition) is 4. The van der Waals surface area contributed by atoms with E-state index < -0.39 is 29.8 Å². The van der Waals surface area contributed by atoms with Crippen molar-refractivity contribution in [3.8, 4) is 0 Å². The van der Waals surface area contributed by atoms with Crippen LogP contribution in [0.3, 0.4) is 0 Å². The van der Waals surface area contributed by atoms with Gasteiger partial charge in [-0.1, -0.05) is 48.5 Å². The third-order valence-corrected chi connectivity index (χ3v) is 5.35. The first kappa shape index (κ1) is 17.6. The molecule has 29 heavy (non-hydrogen) atoms. The molecule has 2 fully saturated rings. The number of anilines is 2. The summed E-state index contributed by atoms with van der Waals surface area (Å²) in [4.78, 5) is 33.6. The maximum Gasteiger partial charge on any atom is 0.266 e. The zero-order chi connectivity index (χ0) is 20.0. The second-order valence-corrected chi connectivity index (χ2v) is 7.06. The average Bonchev–Trinajstić information content (AvgIpc) is 3.27. The Morgan fingerprint density at radius 1 is 0.724 bits per heavy atom. The molecule has 2 amide bonds. The van der Waals surface area contributed by atoms with E-state index >= 15 is 0 Å². The van der Waals surface area contributed by atoms with Crippen LogP contribution in [0.1, 0.15) is 11.6 Å². The molecule has 5 nitrogen and oxygen atoms in total. The fourth-order valence-corrected chi connectivity index (χ4v) is 4.05. The molecule has 2 saturated heterocycles. The molecule has 6 heteroatoms. The summed E-state index contributed by atoms with van der Waals surface area (Å²) >= 11 is 0. The summed E-state index contributed by atoms with van der Waals surface area (Å²) < 4.78 is 13.3. The minimum absolute atomic E-state index is 0.345. The maximum absolute atomic E-state index is 13.3. The van der Waals surface area contributed by atoms with Crippen LogP contribution in [-0.2, 0) is 14.4 Å². The number of halogens is 1. The van der Waals surface area contributed by atoms with Gasteiger partial charge in [0.05, 0.1) is 17.4 Å². The van der Waals surface area contributed by atoms with Crippen LogP contribution in [0.25, 0.3) is 0 Å². The Balaban J connectivity index is 1.58. The molecule has 2 aliphatic heterocycles. The van der Waals surface area contributed by atoms with E-state index in [1.54, 1.807) is 5.06 Å². The number of amides is 2. The normalized spacial score (nSPS) is 23.6. The molecular formula is C23H17FN2O3. The molecule has 0 N–H and O–H groups in total. The van der Waals surface area contributed by atoms with Crippen LogP contribution in [0.5, 0.6) is 0 Å². The molecule has 0 unspecified atom stereocenters. The van der Waals surface area contributed by atoms with Crippen molar-refractivity contribution >= 4 is 23.2 Å². The molecule has 3 aromatic carbocycles. The molecule has 0 spiro atoms. The highest BCUT2D eigenvalue weighted by Crippen LogP contribution is 2.47. The maximum atomic E-state index is 13.3. The Labute approximate surface area is 166 Å². The first-order chi connectivity index (χ1) is 14.1. The Morgan fingerprint density at radius 3 is 2.00 bits per heavy atom. The highest BCUT2D eigenvalue weighted by molar-refractivity contribution is 6.23. The molecule has 0 aliphatic carbocycles. The highest BCUT2D eigenvalue weighted by Gasteiger charge is 2.60. The highest BCUT2D eigenvalue weighted by atomic mass is 19.1. The van der Waals surface area contributed by atoms with Gasteiger partial charge in [-0.3, -0.25) is 14.4 Å². The van der Waals surface area contributed by atoms with Crippen LogP contribution >= 0.6 is 0 Å². The monoisotopic (exact) mass is 388 g/mol. The zero-order valence-corrected chi connectivity index (χ0v) is 15.3. The number of benzene rings is 3. The lowest BCUT2D eigenvalue weighted by Gasteiger charge is -2.28. The third-order valence-electron chi connectivity index (χ3n) is 5.35. The fourth-order valence-electron chi connectivity index (χ4n) is 4.05. The van der Waals surface area contributed by atoms with Crippen molar-refractivity contribution in [2.45, 2.75) is 12.1 Å². The van der Waals surface area contributed by atoms with E-state index in [9.17, 15) is 14.0 Å². The van der Waals surface area contributed by atoms with E-state index in [1.165, 1.54) is 24.3 Å². The van der Waals surface area contributed by atoms with E-state index in [0.717, 1.165) is 16.2 Å². The molecule has 0 aromatic heterocycles. The van der Waals surface area contributed by atoms with Gasteiger partial charge in [0.1, 0.15) is 11.7 Å². The molecule has 3 atom stereocenters. The summed E-state index contributed by atoms with van der Waals surface area (Å²) in [6.45, 7) is 0. The smallest absolute Gasteiger partial charge is 0.266 e. The van der Waals surface area contributed by atoms with Gasteiger partial charge < -0.3 is 0 Å². The molecule has 0 radical (unpaired) electrons. The number of fused-ring (bicyclic) bond motifs is 1. The standard InChI is InChI=1S/C23H17FN2O3/c24-16-11-13-17(14-12-16)25-22(27)19-20(15-7-3-1-4-8-15)26(29-21(19)23(25)28)18-9-5-2-6-10-18/h1-14,19-21H/t19-,20-,21+/m1/s1. The van der Waals surface area contributed by atoms with Crippen LogP contribution in [0.15, 0.2) is 84.9 Å². The van der Waals surface area contributed by atoms with Gasteiger partial charge in [-0.2, -0.15) is 0 Å². The van der Waals surface area contributed by atoms with Gasteiger partial charge in [-0.05, 0) is 42.0 Å². The predicted octanol–water partition coefficient (Wildman–Crippen LogP) is 3.88. The van der Waals surface area contributed by atoms with Crippen LogP contribution in [0, 0.1) is 11.7 Å². The van der Waals surface area contributed by atoms with E-state index in [0.29, 0.717) is 5.69 Å². The van der Waals surface area contributed by atoms with E-state index in [4.69, 9.17) is 4.84 Å². The van der Waals surface area contributed by atoms with Crippen molar-refractivity contribution in [1.82, 2.24) is 0 Å². The molecular weight excluding hydrogens is 371 g/mol. The largest absolute Gasteiger partial charge is 0.273 e. The average molecular weight is 388 g/mol. The Kier molecular flexibility index (Phi) is 4.14. The van der Waals surface area contributed by atoms with Crippen molar-refractivity contribution in [3.63, 3.8) is 0 Å². The summed E-state index contributed by atoms with van der Waals surface area (Å²) in [5.74, 6) is -1.92. The second kappa shape index (κ2) is 6.83. The first-order valence-electron chi connectivity index (χ1n) is 9.34. The van der Waals surface area contributed by atoms with Crippen LogP contribution < -0.4 is 9.96 Å². The number of para-hydroxylation sites is 1. The number of imide groups is 1. The van der Waals surface area contributed by atoms with Crippen molar-refractivity contribution < 1.29 is 18.8 Å². The van der Waals surface area contributed by atoms with Gasteiger partial charge >= 0.3 is 0 Å². The van der Waals surface area contributed by atoms with E-state index in [1.807, 2.05) is 60.7 Å². The van der Waals surface area contributed by atoms with Gasteiger partial charge in [0.25, 0.3) is 5.91 Å². The summed E-state index contributed by atoms with van der Waals surface area (Å²) in [6, 6.07) is 23.8. The number of rotatable bonds is 3. The van der Waals surface area contributed by atoms with Crippen molar-refractivity contribution in [3.05, 3.63) is 96.3 Å². The molecule has 2 heterocycles. The van der Waals surface area contributed by atoms with E-state index in [-0.39, 0.29) is 5.91 Å². The number of hydroxylamine groups is 1. The summed E-state index contributed by atoms with van der Waals surface area (Å²) in [7, 11) is 0. The number of carbonyl (C=O) groups is 2.